The van der Waals surface area contributed by atoms with Gasteiger partial charge in [0.25, 0.3) is 0 Å². The largest absolute Gasteiger partial charge is 0.388 e. The standard InChI is InChI=1S/C10H12ClN3O4/c1-12-9(17)13-5-2-4(3-11)6(8(16)7(5)15)14(13)10(12)18/h2,5-8,15-16H,3H2,1H3/t5-,6-,7+,8-/m0/s1. The Kier molecular flexibility index (Phi) is 2.35. The van der Waals surface area contributed by atoms with Crippen molar-refractivity contribution < 1.29 is 10.2 Å². The number of aliphatic hydroxyl groups excluding tert-OH is 2. The Balaban J connectivity index is 2.36. The highest BCUT2D eigenvalue weighted by atomic mass is 35.5. The summed E-state index contributed by atoms with van der Waals surface area (Å²) in [5.41, 5.74) is -0.380. The highest BCUT2D eigenvalue weighted by Gasteiger charge is 2.48. The molecule has 0 unspecified atom stereocenters. The maximum absolute atomic E-state index is 12.0. The number of rotatable bonds is 1. The van der Waals surface area contributed by atoms with Crippen molar-refractivity contribution in [1.82, 2.24) is 13.9 Å². The minimum Gasteiger partial charge on any atom is -0.388 e. The first kappa shape index (κ1) is 11.8. The fourth-order valence-corrected chi connectivity index (χ4v) is 3.01. The summed E-state index contributed by atoms with van der Waals surface area (Å²) >= 11 is 5.78. The third kappa shape index (κ3) is 1.16. The van der Waals surface area contributed by atoms with Crippen LogP contribution in [0, 0.1) is 0 Å². The fourth-order valence-electron chi connectivity index (χ4n) is 2.76. The molecule has 0 amide bonds. The second-order valence-electron chi connectivity index (χ2n) is 4.61. The smallest absolute Gasteiger partial charge is 0.347 e. The molecule has 0 saturated heterocycles. The first-order chi connectivity index (χ1) is 8.49. The van der Waals surface area contributed by atoms with Crippen molar-refractivity contribution in [1.29, 1.82) is 0 Å². The summed E-state index contributed by atoms with van der Waals surface area (Å²) in [6.45, 7) is 0. The van der Waals surface area contributed by atoms with E-state index in [1.165, 1.54) is 16.4 Å². The lowest BCUT2D eigenvalue weighted by molar-refractivity contribution is -0.0684. The van der Waals surface area contributed by atoms with Crippen molar-refractivity contribution >= 4 is 11.6 Å². The van der Waals surface area contributed by atoms with E-state index in [0.717, 1.165) is 4.57 Å². The van der Waals surface area contributed by atoms with Crippen LogP contribution in [0.25, 0.3) is 0 Å². The number of nitrogens with zero attached hydrogens (tertiary/aromatic N) is 3. The average molecular weight is 274 g/mol. The topological polar surface area (TPSA) is 89.4 Å². The van der Waals surface area contributed by atoms with Crippen LogP contribution in [-0.2, 0) is 7.05 Å². The van der Waals surface area contributed by atoms with Gasteiger partial charge >= 0.3 is 11.4 Å². The predicted molar refractivity (Wildman–Crippen MR) is 62.8 cm³/mol. The third-order valence-corrected chi connectivity index (χ3v) is 3.99. The van der Waals surface area contributed by atoms with Crippen molar-refractivity contribution in [3.63, 3.8) is 0 Å². The van der Waals surface area contributed by atoms with E-state index < -0.39 is 35.7 Å². The monoisotopic (exact) mass is 273 g/mol. The van der Waals surface area contributed by atoms with Crippen molar-refractivity contribution in [3.05, 3.63) is 32.6 Å². The molecule has 0 spiro atoms. The van der Waals surface area contributed by atoms with Crippen molar-refractivity contribution in [2.45, 2.75) is 24.3 Å². The molecule has 7 nitrogen and oxygen atoms in total. The number of hydrogen-bond donors (Lipinski definition) is 2. The van der Waals surface area contributed by atoms with Crippen LogP contribution in [0.3, 0.4) is 0 Å². The molecule has 4 atom stereocenters. The highest BCUT2D eigenvalue weighted by Crippen LogP contribution is 2.39. The summed E-state index contributed by atoms with van der Waals surface area (Å²) in [6, 6.07) is -1.52. The molecule has 2 aliphatic heterocycles. The van der Waals surface area contributed by atoms with Crippen LogP contribution in [0.5, 0.6) is 0 Å². The molecule has 0 fully saturated rings. The second kappa shape index (κ2) is 3.59. The SMILES string of the molecule is Cn1c(=O)n2n(c1=O)[C@H]1C(CCl)=C[C@H]2[C@@H](O)[C@H]1O. The van der Waals surface area contributed by atoms with Crippen LogP contribution in [-0.4, -0.2) is 42.2 Å². The molecular weight excluding hydrogens is 262 g/mol. The van der Waals surface area contributed by atoms with Crippen molar-refractivity contribution in [2.24, 2.45) is 7.05 Å². The van der Waals surface area contributed by atoms with Gasteiger partial charge in [0.05, 0.1) is 0 Å². The van der Waals surface area contributed by atoms with E-state index in [1.54, 1.807) is 6.08 Å². The summed E-state index contributed by atoms with van der Waals surface area (Å²) < 4.78 is 3.32. The van der Waals surface area contributed by atoms with E-state index in [1.807, 2.05) is 0 Å². The minimum absolute atomic E-state index is 0.139. The van der Waals surface area contributed by atoms with Gasteiger partial charge in [0.1, 0.15) is 24.3 Å². The number of fused-ring (bicyclic) bond motifs is 1. The molecule has 8 heteroatoms. The first-order valence-electron chi connectivity index (χ1n) is 5.51. The zero-order valence-corrected chi connectivity index (χ0v) is 10.3. The van der Waals surface area contributed by atoms with E-state index in [9.17, 15) is 19.8 Å². The summed E-state index contributed by atoms with van der Waals surface area (Å²) in [4.78, 5) is 23.9. The average Bonchev–Trinajstić information content (AvgIpc) is 2.60. The van der Waals surface area contributed by atoms with Crippen LogP contribution < -0.4 is 11.4 Å². The summed E-state index contributed by atoms with van der Waals surface area (Å²) in [5, 5.41) is 19.9. The molecule has 1 aromatic heterocycles. The zero-order valence-electron chi connectivity index (χ0n) is 9.52. The van der Waals surface area contributed by atoms with E-state index in [4.69, 9.17) is 11.6 Å². The van der Waals surface area contributed by atoms with Gasteiger partial charge in [-0.1, -0.05) is 6.08 Å². The van der Waals surface area contributed by atoms with Gasteiger partial charge in [-0.25, -0.2) is 23.5 Å². The van der Waals surface area contributed by atoms with E-state index in [2.05, 4.69) is 0 Å². The molecular formula is C10H12ClN3O4. The quantitative estimate of drug-likeness (QED) is 0.474. The lowest BCUT2D eigenvalue weighted by Crippen LogP contribution is -2.56. The Labute approximate surface area is 106 Å². The maximum atomic E-state index is 12.0. The van der Waals surface area contributed by atoms with Crippen LogP contribution in [0.2, 0.25) is 0 Å². The lowest BCUT2D eigenvalue weighted by atomic mass is 9.85. The molecule has 3 heterocycles. The van der Waals surface area contributed by atoms with Crippen LogP contribution in [0.1, 0.15) is 12.1 Å². The van der Waals surface area contributed by atoms with E-state index >= 15 is 0 Å². The fraction of sp³-hybridized carbons (Fsp3) is 0.600. The van der Waals surface area contributed by atoms with Gasteiger partial charge in [-0.15, -0.1) is 11.6 Å². The minimum atomic E-state index is -1.13. The Morgan fingerprint density at radius 3 is 2.44 bits per heavy atom. The molecule has 0 radical (unpaired) electrons. The van der Waals surface area contributed by atoms with Gasteiger partial charge in [0.2, 0.25) is 0 Å². The predicted octanol–water partition coefficient (Wildman–Crippen LogP) is -1.66. The molecule has 3 aliphatic rings. The Bertz CT molecular complexity index is 655. The zero-order chi connectivity index (χ0) is 13.2. The molecule has 98 valence electrons. The molecule has 0 saturated carbocycles. The summed E-state index contributed by atoms with van der Waals surface area (Å²) in [6.07, 6.45) is -0.592. The summed E-state index contributed by atoms with van der Waals surface area (Å²) in [7, 11) is 1.36. The Morgan fingerprint density at radius 1 is 1.22 bits per heavy atom. The summed E-state index contributed by atoms with van der Waals surface area (Å²) in [5.74, 6) is 0.139. The van der Waals surface area contributed by atoms with Gasteiger partial charge < -0.3 is 10.2 Å². The molecule has 0 aromatic carbocycles. The molecule has 2 bridgehead atoms. The highest BCUT2D eigenvalue weighted by molar-refractivity contribution is 6.19. The number of halogens is 1. The molecule has 18 heavy (non-hydrogen) atoms. The lowest BCUT2D eigenvalue weighted by Gasteiger charge is -2.43. The molecule has 4 rings (SSSR count). The van der Waals surface area contributed by atoms with Crippen LogP contribution in [0.15, 0.2) is 21.2 Å². The van der Waals surface area contributed by atoms with E-state index in [0.29, 0.717) is 5.57 Å². The second-order valence-corrected chi connectivity index (χ2v) is 4.87. The van der Waals surface area contributed by atoms with Crippen molar-refractivity contribution in [2.75, 3.05) is 5.88 Å². The Hall–Kier alpha value is -1.31. The van der Waals surface area contributed by atoms with Gasteiger partial charge in [-0.05, 0) is 5.57 Å². The number of alkyl halides is 1. The third-order valence-electron chi connectivity index (χ3n) is 3.69. The number of aliphatic hydroxyl groups is 2. The molecule has 2 N–H and O–H groups in total. The van der Waals surface area contributed by atoms with Gasteiger partial charge in [-0.2, -0.15) is 0 Å². The van der Waals surface area contributed by atoms with E-state index in [-0.39, 0.29) is 5.88 Å². The van der Waals surface area contributed by atoms with Crippen molar-refractivity contribution in [3.8, 4) is 0 Å². The molecule has 1 aromatic rings. The first-order valence-corrected chi connectivity index (χ1v) is 6.05. The van der Waals surface area contributed by atoms with Gasteiger partial charge in [-0.3, -0.25) is 0 Å². The number of aromatic nitrogens is 3. The van der Waals surface area contributed by atoms with Crippen LogP contribution in [0.4, 0.5) is 0 Å². The number of hydrogen-bond acceptors (Lipinski definition) is 4. The van der Waals surface area contributed by atoms with Crippen LogP contribution >= 0.6 is 11.6 Å². The maximum Gasteiger partial charge on any atom is 0.347 e. The van der Waals surface area contributed by atoms with Gasteiger partial charge in [0.15, 0.2) is 0 Å². The Morgan fingerprint density at radius 2 is 1.83 bits per heavy atom. The molecule has 1 aliphatic carbocycles. The normalized spacial score (nSPS) is 33.4. The van der Waals surface area contributed by atoms with Gasteiger partial charge in [0, 0.05) is 12.9 Å².